The molecule has 0 aliphatic rings. The van der Waals surface area contributed by atoms with Gasteiger partial charge < -0.3 is 14.0 Å². The van der Waals surface area contributed by atoms with Crippen molar-refractivity contribution >= 4 is 27.5 Å². The highest BCUT2D eigenvalue weighted by Crippen LogP contribution is 2.27. The molecular formula is C20H22N2O3S. The summed E-state index contributed by atoms with van der Waals surface area (Å²) in [5, 5.41) is 0. The van der Waals surface area contributed by atoms with E-state index in [4.69, 9.17) is 9.47 Å². The third-order valence-electron chi connectivity index (χ3n) is 3.98. The van der Waals surface area contributed by atoms with Crippen molar-refractivity contribution in [2.45, 2.75) is 20.4 Å². The molecule has 0 aliphatic carbocycles. The summed E-state index contributed by atoms with van der Waals surface area (Å²) in [7, 11) is 1.66. The van der Waals surface area contributed by atoms with Crippen LogP contribution in [0.4, 0.5) is 0 Å². The second-order valence-corrected chi connectivity index (χ2v) is 6.86. The fourth-order valence-corrected chi connectivity index (χ4v) is 3.76. The summed E-state index contributed by atoms with van der Waals surface area (Å²) >= 11 is 1.48. The summed E-state index contributed by atoms with van der Waals surface area (Å²) in [5.74, 6) is 0.544. The molecule has 0 saturated heterocycles. The lowest BCUT2D eigenvalue weighted by Crippen LogP contribution is -2.19. The Kier molecular flexibility index (Phi) is 5.85. The van der Waals surface area contributed by atoms with Gasteiger partial charge >= 0.3 is 0 Å². The molecule has 0 N–H and O–H groups in total. The largest absolute Gasteiger partial charge is 0.492 e. The molecule has 2 aromatic carbocycles. The van der Waals surface area contributed by atoms with Crippen LogP contribution in [0.3, 0.4) is 0 Å². The van der Waals surface area contributed by atoms with Crippen molar-refractivity contribution in [2.75, 3.05) is 20.3 Å². The van der Waals surface area contributed by atoms with Gasteiger partial charge in [-0.05, 0) is 38.1 Å². The molecule has 1 amide bonds. The van der Waals surface area contributed by atoms with Crippen molar-refractivity contribution in [2.24, 2.45) is 4.99 Å². The van der Waals surface area contributed by atoms with Crippen molar-refractivity contribution in [1.82, 2.24) is 4.57 Å². The normalized spacial score (nSPS) is 11.9. The average molecular weight is 370 g/mol. The summed E-state index contributed by atoms with van der Waals surface area (Å²) in [4.78, 5) is 17.6. The first-order valence-electron chi connectivity index (χ1n) is 8.54. The Morgan fingerprint density at radius 3 is 2.65 bits per heavy atom. The molecule has 0 bridgehead atoms. The third-order valence-corrected chi connectivity index (χ3v) is 5.02. The number of methoxy groups -OCH3 is 1. The van der Waals surface area contributed by atoms with Crippen LogP contribution in [0.1, 0.15) is 22.8 Å². The molecule has 0 fully saturated rings. The molecular weight excluding hydrogens is 348 g/mol. The average Bonchev–Trinajstić information content (AvgIpc) is 2.98. The van der Waals surface area contributed by atoms with Crippen molar-refractivity contribution in [3.8, 4) is 5.75 Å². The number of hydrogen-bond donors (Lipinski definition) is 0. The topological polar surface area (TPSA) is 52.8 Å². The highest BCUT2D eigenvalue weighted by Gasteiger charge is 2.13. The van der Waals surface area contributed by atoms with Crippen LogP contribution in [0.25, 0.3) is 10.2 Å². The molecule has 3 aromatic rings. The number of benzene rings is 2. The van der Waals surface area contributed by atoms with Gasteiger partial charge in [0.1, 0.15) is 11.3 Å². The van der Waals surface area contributed by atoms with E-state index >= 15 is 0 Å². The van der Waals surface area contributed by atoms with Crippen LogP contribution in [0.2, 0.25) is 0 Å². The zero-order valence-electron chi connectivity index (χ0n) is 15.2. The van der Waals surface area contributed by atoms with E-state index in [1.165, 1.54) is 11.3 Å². The van der Waals surface area contributed by atoms with Gasteiger partial charge in [0.15, 0.2) is 4.80 Å². The van der Waals surface area contributed by atoms with Gasteiger partial charge in [-0.3, -0.25) is 4.79 Å². The maximum absolute atomic E-state index is 12.6. The van der Waals surface area contributed by atoms with Gasteiger partial charge in [0.2, 0.25) is 0 Å². The Morgan fingerprint density at radius 1 is 1.19 bits per heavy atom. The van der Waals surface area contributed by atoms with Gasteiger partial charge in [-0.2, -0.15) is 4.99 Å². The van der Waals surface area contributed by atoms with E-state index in [0.29, 0.717) is 30.1 Å². The van der Waals surface area contributed by atoms with Gasteiger partial charge in [-0.15, -0.1) is 0 Å². The minimum atomic E-state index is -0.249. The van der Waals surface area contributed by atoms with Gasteiger partial charge in [0, 0.05) is 19.2 Å². The molecule has 0 atom stereocenters. The molecule has 6 heteroatoms. The van der Waals surface area contributed by atoms with Crippen LogP contribution >= 0.6 is 11.3 Å². The number of carbonyl (C=O) groups excluding carboxylic acids is 1. The van der Waals surface area contributed by atoms with Gasteiger partial charge in [0.25, 0.3) is 5.91 Å². The standard InChI is InChI=1S/C20H22N2O3S/c1-4-25-16-6-5-7-17-18(16)22(12-13-24-3)20(26-17)21-19(23)15-10-8-14(2)9-11-15/h5-11H,4,12-13H2,1-3H3. The quantitative estimate of drug-likeness (QED) is 0.663. The number of amides is 1. The summed E-state index contributed by atoms with van der Waals surface area (Å²) < 4.78 is 14.0. The summed E-state index contributed by atoms with van der Waals surface area (Å²) in [5.41, 5.74) is 2.64. The van der Waals surface area contributed by atoms with E-state index in [1.54, 1.807) is 19.2 Å². The Balaban J connectivity index is 2.13. The predicted molar refractivity (Wildman–Crippen MR) is 104 cm³/mol. The number of carbonyl (C=O) groups is 1. The minimum Gasteiger partial charge on any atom is -0.492 e. The van der Waals surface area contributed by atoms with Crippen molar-refractivity contribution in [1.29, 1.82) is 0 Å². The lowest BCUT2D eigenvalue weighted by atomic mass is 10.1. The van der Waals surface area contributed by atoms with Crippen LogP contribution in [-0.4, -0.2) is 30.8 Å². The lowest BCUT2D eigenvalue weighted by molar-refractivity contribution is 0.0997. The molecule has 0 radical (unpaired) electrons. The molecule has 26 heavy (non-hydrogen) atoms. The number of para-hydroxylation sites is 1. The van der Waals surface area contributed by atoms with E-state index in [2.05, 4.69) is 4.99 Å². The van der Waals surface area contributed by atoms with Crippen molar-refractivity contribution in [3.05, 3.63) is 58.4 Å². The van der Waals surface area contributed by atoms with Crippen molar-refractivity contribution in [3.63, 3.8) is 0 Å². The Hall–Kier alpha value is -2.44. The van der Waals surface area contributed by atoms with Gasteiger partial charge in [-0.25, -0.2) is 0 Å². The first-order valence-corrected chi connectivity index (χ1v) is 9.35. The van der Waals surface area contributed by atoms with Crippen LogP contribution in [0.5, 0.6) is 5.75 Å². The number of aromatic nitrogens is 1. The van der Waals surface area contributed by atoms with Crippen LogP contribution in [0.15, 0.2) is 47.5 Å². The minimum absolute atomic E-state index is 0.249. The van der Waals surface area contributed by atoms with E-state index in [0.717, 1.165) is 21.5 Å². The fraction of sp³-hybridized carbons (Fsp3) is 0.300. The number of rotatable bonds is 6. The predicted octanol–water partition coefficient (Wildman–Crippen LogP) is 3.80. The van der Waals surface area contributed by atoms with Crippen molar-refractivity contribution < 1.29 is 14.3 Å². The number of nitrogens with zero attached hydrogens (tertiary/aromatic N) is 2. The van der Waals surface area contributed by atoms with Gasteiger partial charge in [0.05, 0.1) is 17.9 Å². The molecule has 5 nitrogen and oxygen atoms in total. The highest BCUT2D eigenvalue weighted by atomic mass is 32.1. The SMILES string of the molecule is CCOc1cccc2sc(=NC(=O)c3ccc(C)cc3)n(CCOC)c12. The number of aryl methyl sites for hydroxylation is 1. The summed E-state index contributed by atoms with van der Waals surface area (Å²) in [6, 6.07) is 13.4. The van der Waals surface area contributed by atoms with E-state index < -0.39 is 0 Å². The maximum atomic E-state index is 12.6. The number of thiazole rings is 1. The molecule has 3 rings (SSSR count). The zero-order chi connectivity index (χ0) is 18.5. The van der Waals surface area contributed by atoms with Crippen LogP contribution in [0, 0.1) is 6.92 Å². The van der Waals surface area contributed by atoms with Gasteiger partial charge in [-0.1, -0.05) is 35.1 Å². The zero-order valence-corrected chi connectivity index (χ0v) is 16.0. The summed E-state index contributed by atoms with van der Waals surface area (Å²) in [6.07, 6.45) is 0. The monoisotopic (exact) mass is 370 g/mol. The first kappa shape index (κ1) is 18.4. The van der Waals surface area contributed by atoms with Crippen LogP contribution in [-0.2, 0) is 11.3 Å². The number of ether oxygens (including phenoxy) is 2. The Labute approximate surface area is 156 Å². The Bertz CT molecular complexity index is 971. The molecule has 1 heterocycles. The molecule has 0 saturated carbocycles. The van der Waals surface area contributed by atoms with E-state index in [-0.39, 0.29) is 5.91 Å². The second kappa shape index (κ2) is 8.29. The highest BCUT2D eigenvalue weighted by molar-refractivity contribution is 7.16. The Morgan fingerprint density at radius 2 is 1.96 bits per heavy atom. The summed E-state index contributed by atoms with van der Waals surface area (Å²) in [6.45, 7) is 5.65. The van der Waals surface area contributed by atoms with E-state index in [9.17, 15) is 4.79 Å². The first-order chi connectivity index (χ1) is 12.6. The molecule has 136 valence electrons. The van der Waals surface area contributed by atoms with Crippen LogP contribution < -0.4 is 9.54 Å². The smallest absolute Gasteiger partial charge is 0.279 e. The van der Waals surface area contributed by atoms with E-state index in [1.807, 2.05) is 48.7 Å². The third kappa shape index (κ3) is 3.86. The second-order valence-electron chi connectivity index (χ2n) is 5.85. The lowest BCUT2D eigenvalue weighted by Gasteiger charge is -2.09. The molecule has 1 aromatic heterocycles. The molecule has 0 aliphatic heterocycles. The molecule has 0 unspecified atom stereocenters. The maximum Gasteiger partial charge on any atom is 0.279 e. The molecule has 0 spiro atoms. The fourth-order valence-electron chi connectivity index (χ4n) is 2.69. The number of hydrogen-bond acceptors (Lipinski definition) is 4. The number of fused-ring (bicyclic) bond motifs is 1.